The molecule has 0 radical (unpaired) electrons. The first-order chi connectivity index (χ1) is 12.9. The molecule has 1 saturated heterocycles. The Morgan fingerprint density at radius 2 is 1.93 bits per heavy atom. The molecule has 1 aromatic carbocycles. The number of hydrogen-bond donors (Lipinski definition) is 1. The van der Waals surface area contributed by atoms with Crippen LogP contribution in [0.15, 0.2) is 23.1 Å². The molecule has 0 aromatic heterocycles. The molecule has 0 aliphatic carbocycles. The van der Waals surface area contributed by atoms with E-state index in [9.17, 15) is 13.2 Å². The maximum absolute atomic E-state index is 12.9. The third-order valence-corrected chi connectivity index (χ3v) is 6.32. The number of carbonyl (C=O) groups is 1. The normalized spacial score (nSPS) is 15.7. The first-order valence-corrected chi connectivity index (χ1v) is 10.9. The molecule has 1 N–H and O–H groups in total. The minimum Gasteiger partial charge on any atom is -0.496 e. The van der Waals surface area contributed by atoms with E-state index in [1.54, 1.807) is 0 Å². The largest absolute Gasteiger partial charge is 0.496 e. The topological polar surface area (TPSA) is 84.9 Å². The molecule has 8 heteroatoms. The summed E-state index contributed by atoms with van der Waals surface area (Å²) in [4.78, 5) is 12.7. The lowest BCUT2D eigenvalue weighted by Gasteiger charge is -2.26. The number of benzene rings is 1. The number of sulfonamides is 1. The Labute approximate surface area is 162 Å². The standard InChI is InChI=1S/C19H30N2O5S/c1-15(2)26-13-7-10-20-19(22)17-14-16(8-9-18(17)25-3)27(23,24)21-11-5-4-6-12-21/h8-9,14-15H,4-7,10-13H2,1-3H3,(H,20,22). The summed E-state index contributed by atoms with van der Waals surface area (Å²) in [6, 6.07) is 4.44. The van der Waals surface area contributed by atoms with E-state index in [0.29, 0.717) is 38.4 Å². The van der Waals surface area contributed by atoms with E-state index in [1.807, 2.05) is 13.8 Å². The number of rotatable bonds is 9. The fourth-order valence-electron chi connectivity index (χ4n) is 2.97. The Morgan fingerprint density at radius 3 is 2.56 bits per heavy atom. The van der Waals surface area contributed by atoms with Crippen LogP contribution in [0.3, 0.4) is 0 Å². The van der Waals surface area contributed by atoms with Crippen LogP contribution in [0.25, 0.3) is 0 Å². The predicted octanol–water partition coefficient (Wildman–Crippen LogP) is 2.41. The molecule has 1 amide bonds. The van der Waals surface area contributed by atoms with E-state index >= 15 is 0 Å². The summed E-state index contributed by atoms with van der Waals surface area (Å²) >= 11 is 0. The fourth-order valence-corrected chi connectivity index (χ4v) is 4.51. The number of piperidine rings is 1. The van der Waals surface area contributed by atoms with Crippen LogP contribution < -0.4 is 10.1 Å². The molecule has 1 fully saturated rings. The van der Waals surface area contributed by atoms with Crippen LogP contribution in [0.5, 0.6) is 5.75 Å². The number of amides is 1. The number of carbonyl (C=O) groups excluding carboxylic acids is 1. The van der Waals surface area contributed by atoms with Gasteiger partial charge in [0.15, 0.2) is 0 Å². The van der Waals surface area contributed by atoms with E-state index < -0.39 is 10.0 Å². The average Bonchev–Trinajstić information content (AvgIpc) is 2.67. The summed E-state index contributed by atoms with van der Waals surface area (Å²) in [5, 5.41) is 2.80. The first-order valence-electron chi connectivity index (χ1n) is 9.44. The maximum atomic E-state index is 12.9. The molecule has 0 spiro atoms. The summed E-state index contributed by atoms with van der Waals surface area (Å²) in [5.41, 5.74) is 0.223. The summed E-state index contributed by atoms with van der Waals surface area (Å²) in [7, 11) is -2.14. The van der Waals surface area contributed by atoms with Gasteiger partial charge in [-0.3, -0.25) is 4.79 Å². The molecule has 0 saturated carbocycles. The molecule has 1 aliphatic heterocycles. The second kappa shape index (κ2) is 10.1. The van der Waals surface area contributed by atoms with Gasteiger partial charge in [-0.2, -0.15) is 4.31 Å². The number of nitrogens with zero attached hydrogens (tertiary/aromatic N) is 1. The Morgan fingerprint density at radius 1 is 1.22 bits per heavy atom. The monoisotopic (exact) mass is 398 g/mol. The van der Waals surface area contributed by atoms with Crippen molar-refractivity contribution < 1.29 is 22.7 Å². The maximum Gasteiger partial charge on any atom is 0.255 e. The van der Waals surface area contributed by atoms with E-state index in [0.717, 1.165) is 19.3 Å². The number of methoxy groups -OCH3 is 1. The van der Waals surface area contributed by atoms with Crippen molar-refractivity contribution in [1.29, 1.82) is 0 Å². The zero-order valence-corrected chi connectivity index (χ0v) is 17.2. The van der Waals surface area contributed by atoms with Crippen molar-refractivity contribution in [3.63, 3.8) is 0 Å². The minimum atomic E-state index is -3.60. The van der Waals surface area contributed by atoms with Crippen molar-refractivity contribution in [3.05, 3.63) is 23.8 Å². The molecular formula is C19H30N2O5S. The first kappa shape index (κ1) is 21.7. The van der Waals surface area contributed by atoms with Crippen LogP contribution in [0.2, 0.25) is 0 Å². The van der Waals surface area contributed by atoms with Gasteiger partial charge in [-0.05, 0) is 51.3 Å². The van der Waals surface area contributed by atoms with Crippen molar-refractivity contribution in [1.82, 2.24) is 9.62 Å². The van der Waals surface area contributed by atoms with Gasteiger partial charge in [0.25, 0.3) is 5.91 Å². The smallest absolute Gasteiger partial charge is 0.255 e. The van der Waals surface area contributed by atoms with Crippen LogP contribution in [0, 0.1) is 0 Å². The van der Waals surface area contributed by atoms with Crippen LogP contribution in [0.1, 0.15) is 49.9 Å². The highest BCUT2D eigenvalue weighted by Gasteiger charge is 2.27. The Hall–Kier alpha value is -1.64. The quantitative estimate of drug-likeness (QED) is 0.646. The van der Waals surface area contributed by atoms with E-state index in [-0.39, 0.29) is 22.5 Å². The molecule has 0 unspecified atom stereocenters. The van der Waals surface area contributed by atoms with Crippen molar-refractivity contribution in [3.8, 4) is 5.75 Å². The Bertz CT molecular complexity index is 728. The van der Waals surface area contributed by atoms with Crippen molar-refractivity contribution in [2.45, 2.75) is 50.5 Å². The molecule has 1 aliphatic rings. The lowest BCUT2D eigenvalue weighted by Crippen LogP contribution is -2.35. The summed E-state index contributed by atoms with van der Waals surface area (Å²) in [5.74, 6) is -0.00406. The molecule has 0 bridgehead atoms. The van der Waals surface area contributed by atoms with E-state index in [2.05, 4.69) is 5.32 Å². The van der Waals surface area contributed by atoms with Gasteiger partial charge in [0.1, 0.15) is 5.75 Å². The zero-order valence-electron chi connectivity index (χ0n) is 16.4. The third-order valence-electron chi connectivity index (χ3n) is 4.43. The Kier molecular flexibility index (Phi) is 8.07. The van der Waals surface area contributed by atoms with Gasteiger partial charge in [0.05, 0.1) is 23.7 Å². The van der Waals surface area contributed by atoms with Gasteiger partial charge in [-0.1, -0.05) is 6.42 Å². The highest BCUT2D eigenvalue weighted by Crippen LogP contribution is 2.26. The summed E-state index contributed by atoms with van der Waals surface area (Å²) in [6.07, 6.45) is 3.60. The second-order valence-electron chi connectivity index (χ2n) is 6.86. The highest BCUT2D eigenvalue weighted by molar-refractivity contribution is 7.89. The average molecular weight is 399 g/mol. The lowest BCUT2D eigenvalue weighted by molar-refractivity contribution is 0.0757. The van der Waals surface area contributed by atoms with Gasteiger partial charge in [-0.15, -0.1) is 0 Å². The highest BCUT2D eigenvalue weighted by atomic mass is 32.2. The summed E-state index contributed by atoms with van der Waals surface area (Å²) in [6.45, 7) is 5.95. The third kappa shape index (κ3) is 5.92. The molecule has 7 nitrogen and oxygen atoms in total. The van der Waals surface area contributed by atoms with Gasteiger partial charge in [0.2, 0.25) is 10.0 Å². The SMILES string of the molecule is COc1ccc(S(=O)(=O)N2CCCCC2)cc1C(=O)NCCCOC(C)C. The van der Waals surface area contributed by atoms with Crippen molar-refractivity contribution >= 4 is 15.9 Å². The minimum absolute atomic E-state index is 0.124. The molecule has 27 heavy (non-hydrogen) atoms. The van der Waals surface area contributed by atoms with E-state index in [1.165, 1.54) is 29.6 Å². The van der Waals surface area contributed by atoms with Crippen LogP contribution in [-0.4, -0.2) is 58.1 Å². The molecule has 0 atom stereocenters. The molecule has 2 rings (SSSR count). The van der Waals surface area contributed by atoms with Crippen LogP contribution in [-0.2, 0) is 14.8 Å². The van der Waals surface area contributed by atoms with Crippen molar-refractivity contribution in [2.24, 2.45) is 0 Å². The second-order valence-corrected chi connectivity index (χ2v) is 8.79. The summed E-state index contributed by atoms with van der Waals surface area (Å²) < 4.78 is 37.9. The molecule has 1 aromatic rings. The van der Waals surface area contributed by atoms with Gasteiger partial charge >= 0.3 is 0 Å². The van der Waals surface area contributed by atoms with Gasteiger partial charge < -0.3 is 14.8 Å². The van der Waals surface area contributed by atoms with Gasteiger partial charge in [0, 0.05) is 26.2 Å². The molecular weight excluding hydrogens is 368 g/mol. The van der Waals surface area contributed by atoms with Gasteiger partial charge in [-0.25, -0.2) is 8.42 Å². The number of hydrogen-bond acceptors (Lipinski definition) is 5. The number of ether oxygens (including phenoxy) is 2. The number of nitrogens with one attached hydrogen (secondary N) is 1. The Balaban J connectivity index is 2.11. The van der Waals surface area contributed by atoms with Crippen molar-refractivity contribution in [2.75, 3.05) is 33.4 Å². The fraction of sp³-hybridized carbons (Fsp3) is 0.632. The van der Waals surface area contributed by atoms with E-state index in [4.69, 9.17) is 9.47 Å². The lowest BCUT2D eigenvalue weighted by atomic mass is 10.2. The van der Waals surface area contributed by atoms with Crippen LogP contribution in [0.4, 0.5) is 0 Å². The molecule has 152 valence electrons. The zero-order chi connectivity index (χ0) is 19.9. The predicted molar refractivity (Wildman–Crippen MR) is 104 cm³/mol. The molecule has 1 heterocycles. The van der Waals surface area contributed by atoms with Crippen LogP contribution >= 0.6 is 0 Å².